The number of allylic oxidation sites excluding steroid dienone is 4. The molecule has 0 spiro atoms. The molecule has 2 aromatic rings. The number of aromatic amines is 1. The molecule has 1 aromatic heterocycles. The van der Waals surface area contributed by atoms with Gasteiger partial charge in [-0.25, -0.2) is 4.99 Å². The van der Waals surface area contributed by atoms with E-state index in [1.54, 1.807) is 13.4 Å². The van der Waals surface area contributed by atoms with Crippen LogP contribution in [0.15, 0.2) is 45.9 Å². The minimum absolute atomic E-state index is 0.428. The Bertz CT molecular complexity index is 1090. The first kappa shape index (κ1) is 26.2. The van der Waals surface area contributed by atoms with Gasteiger partial charge in [0.05, 0.1) is 0 Å². The summed E-state index contributed by atoms with van der Waals surface area (Å²) in [5.41, 5.74) is 8.72. The van der Waals surface area contributed by atoms with Gasteiger partial charge in [-0.05, 0) is 105 Å². The lowest BCUT2D eigenvalue weighted by atomic mass is 9.87. The summed E-state index contributed by atoms with van der Waals surface area (Å²) in [6.07, 6.45) is 8.57. The summed E-state index contributed by atoms with van der Waals surface area (Å²) >= 11 is 0. The molecule has 4 nitrogen and oxygen atoms in total. The highest BCUT2D eigenvalue weighted by atomic mass is 15.1. The summed E-state index contributed by atoms with van der Waals surface area (Å²) in [5, 5.41) is 1.38. The molecular formula is C30H44N4. The molecule has 184 valence electrons. The van der Waals surface area contributed by atoms with Gasteiger partial charge in [0.15, 0.2) is 0 Å². The van der Waals surface area contributed by atoms with Crippen molar-refractivity contribution < 1.29 is 0 Å². The molecule has 0 aliphatic carbocycles. The molecule has 1 N–H and O–H groups in total. The maximum absolute atomic E-state index is 4.42. The van der Waals surface area contributed by atoms with E-state index in [0.29, 0.717) is 11.8 Å². The zero-order valence-electron chi connectivity index (χ0n) is 22.6. The second kappa shape index (κ2) is 11.8. The van der Waals surface area contributed by atoms with E-state index in [4.69, 9.17) is 0 Å². The number of piperidine rings is 1. The van der Waals surface area contributed by atoms with Crippen LogP contribution in [0.2, 0.25) is 0 Å². The molecule has 3 rings (SSSR count). The minimum Gasteiger partial charge on any atom is -0.354 e. The van der Waals surface area contributed by atoms with E-state index >= 15 is 0 Å². The van der Waals surface area contributed by atoms with Crippen LogP contribution in [0.4, 0.5) is 0 Å². The Labute approximate surface area is 207 Å². The first-order valence-electron chi connectivity index (χ1n) is 12.9. The molecule has 2 heterocycles. The van der Waals surface area contributed by atoms with Crippen molar-refractivity contribution in [1.29, 1.82) is 0 Å². The number of rotatable bonds is 8. The summed E-state index contributed by atoms with van der Waals surface area (Å²) in [6, 6.07) is 7.13. The number of H-pyrrole nitrogens is 1. The number of likely N-dealkylation sites (tertiary alicyclic amines) is 1. The van der Waals surface area contributed by atoms with E-state index in [9.17, 15) is 0 Å². The van der Waals surface area contributed by atoms with Gasteiger partial charge in [0.25, 0.3) is 0 Å². The van der Waals surface area contributed by atoms with Crippen LogP contribution in [0.25, 0.3) is 16.5 Å². The molecule has 1 aliphatic rings. The Kier molecular flexibility index (Phi) is 9.07. The number of nitrogens with zero attached hydrogens (tertiary/aromatic N) is 3. The highest BCUT2D eigenvalue weighted by Gasteiger charge is 2.23. The summed E-state index contributed by atoms with van der Waals surface area (Å²) in [7, 11) is 1.75. The summed E-state index contributed by atoms with van der Waals surface area (Å²) in [5.74, 6) is 1.83. The fourth-order valence-corrected chi connectivity index (χ4v) is 5.16. The van der Waals surface area contributed by atoms with Crippen molar-refractivity contribution >= 4 is 28.5 Å². The molecular weight excluding hydrogens is 416 g/mol. The zero-order chi connectivity index (χ0) is 24.8. The molecule has 0 unspecified atom stereocenters. The summed E-state index contributed by atoms with van der Waals surface area (Å²) in [6.45, 7) is 19.2. The summed E-state index contributed by atoms with van der Waals surface area (Å²) < 4.78 is 0. The number of fused-ring (bicyclic) bond motifs is 1. The molecule has 1 saturated heterocycles. The van der Waals surface area contributed by atoms with Gasteiger partial charge in [-0.2, -0.15) is 0 Å². The van der Waals surface area contributed by atoms with E-state index in [0.717, 1.165) is 17.2 Å². The van der Waals surface area contributed by atoms with Crippen molar-refractivity contribution in [1.82, 2.24) is 9.88 Å². The molecule has 34 heavy (non-hydrogen) atoms. The first-order chi connectivity index (χ1) is 16.2. The van der Waals surface area contributed by atoms with Crippen LogP contribution < -0.4 is 0 Å². The van der Waals surface area contributed by atoms with E-state index in [2.05, 4.69) is 91.8 Å². The molecule has 1 aromatic carbocycles. The Hall–Kier alpha value is -2.46. The Morgan fingerprint density at radius 1 is 1.15 bits per heavy atom. The van der Waals surface area contributed by atoms with Crippen molar-refractivity contribution in [2.45, 2.75) is 73.1 Å². The van der Waals surface area contributed by atoms with Crippen LogP contribution in [-0.2, 0) is 0 Å². The van der Waals surface area contributed by atoms with Crippen LogP contribution in [0.1, 0.15) is 90.0 Å². The number of hydrogen-bond donors (Lipinski definition) is 1. The van der Waals surface area contributed by atoms with Gasteiger partial charge in [-0.3, -0.25) is 4.99 Å². The highest BCUT2D eigenvalue weighted by Crippen LogP contribution is 2.37. The monoisotopic (exact) mass is 460 g/mol. The normalized spacial score (nSPS) is 17.8. The maximum atomic E-state index is 4.42. The molecule has 0 radical (unpaired) electrons. The van der Waals surface area contributed by atoms with Gasteiger partial charge in [0.1, 0.15) is 6.34 Å². The lowest BCUT2D eigenvalue weighted by Crippen LogP contribution is -2.35. The van der Waals surface area contributed by atoms with Gasteiger partial charge in [-0.15, -0.1) is 0 Å². The topological polar surface area (TPSA) is 43.8 Å². The maximum Gasteiger partial charge on any atom is 0.109 e. The molecule has 4 heteroatoms. The predicted molar refractivity (Wildman–Crippen MR) is 151 cm³/mol. The van der Waals surface area contributed by atoms with Crippen LogP contribution in [0.3, 0.4) is 0 Å². The molecule has 0 atom stereocenters. The molecule has 0 bridgehead atoms. The number of nitrogens with one attached hydrogen (secondary N) is 1. The van der Waals surface area contributed by atoms with Crippen LogP contribution in [0.5, 0.6) is 0 Å². The van der Waals surface area contributed by atoms with E-state index < -0.39 is 0 Å². The standard InChI is InChI=1S/C30H44N4/c1-9-24(16-22(6)23(7)32-19-31-8)30-29(21(4)5)27-17-26(10-11-28(27)33-30)25-12-14-34(15-13-25)18-20(2)3/h9-11,16-17,19-21,25,33H,12-15,18H2,1-8H3/b22-16-,24-9+,31-19?,32-23?. The number of aromatic nitrogens is 1. The fourth-order valence-electron chi connectivity index (χ4n) is 5.16. The Balaban J connectivity index is 1.95. The highest BCUT2D eigenvalue weighted by molar-refractivity contribution is 6.04. The second-order valence-electron chi connectivity index (χ2n) is 10.5. The number of aliphatic imine (C=N–C) groups is 2. The zero-order valence-corrected chi connectivity index (χ0v) is 22.6. The van der Waals surface area contributed by atoms with Crippen molar-refractivity contribution in [3.05, 3.63) is 52.7 Å². The van der Waals surface area contributed by atoms with E-state index in [1.807, 2.05) is 6.92 Å². The fraction of sp³-hybridized carbons (Fsp3) is 0.533. The van der Waals surface area contributed by atoms with Crippen molar-refractivity contribution in [2.24, 2.45) is 15.9 Å². The lowest BCUT2D eigenvalue weighted by Gasteiger charge is -2.33. The molecule has 1 aliphatic heterocycles. The molecule has 1 fully saturated rings. The number of benzene rings is 1. The minimum atomic E-state index is 0.428. The largest absolute Gasteiger partial charge is 0.354 e. The third-order valence-corrected chi connectivity index (χ3v) is 7.03. The number of hydrogen-bond acceptors (Lipinski definition) is 2. The van der Waals surface area contributed by atoms with E-state index in [-0.39, 0.29) is 0 Å². The molecule has 0 saturated carbocycles. The quantitative estimate of drug-likeness (QED) is 0.246. The third-order valence-electron chi connectivity index (χ3n) is 7.03. The van der Waals surface area contributed by atoms with Gasteiger partial charge < -0.3 is 9.88 Å². The predicted octanol–water partition coefficient (Wildman–Crippen LogP) is 7.60. The van der Waals surface area contributed by atoms with Gasteiger partial charge in [0, 0.05) is 35.9 Å². The van der Waals surface area contributed by atoms with Gasteiger partial charge in [-0.1, -0.05) is 39.8 Å². The molecule has 0 amide bonds. The van der Waals surface area contributed by atoms with Crippen LogP contribution in [-0.4, -0.2) is 48.6 Å². The Morgan fingerprint density at radius 3 is 2.44 bits per heavy atom. The second-order valence-corrected chi connectivity index (χ2v) is 10.5. The SMILES string of the molecule is C/C=C(\C=C(\C)C(C)=NC=NC)c1[nH]c2ccc(C3CCN(CC(C)C)CC3)cc2c1C(C)C. The summed E-state index contributed by atoms with van der Waals surface area (Å²) in [4.78, 5) is 14.8. The van der Waals surface area contributed by atoms with Crippen molar-refractivity contribution in [3.8, 4) is 0 Å². The third kappa shape index (κ3) is 6.15. The smallest absolute Gasteiger partial charge is 0.109 e. The van der Waals surface area contributed by atoms with Gasteiger partial charge in [0.2, 0.25) is 0 Å². The van der Waals surface area contributed by atoms with E-state index in [1.165, 1.54) is 65.8 Å². The lowest BCUT2D eigenvalue weighted by molar-refractivity contribution is 0.192. The average molecular weight is 461 g/mol. The first-order valence-corrected chi connectivity index (χ1v) is 12.9. The van der Waals surface area contributed by atoms with Crippen LogP contribution >= 0.6 is 0 Å². The van der Waals surface area contributed by atoms with Gasteiger partial charge >= 0.3 is 0 Å². The average Bonchev–Trinajstić information content (AvgIpc) is 3.19. The van der Waals surface area contributed by atoms with Crippen LogP contribution in [0, 0.1) is 5.92 Å². The van der Waals surface area contributed by atoms with Crippen molar-refractivity contribution in [2.75, 3.05) is 26.7 Å². The Morgan fingerprint density at radius 2 is 1.85 bits per heavy atom. The van der Waals surface area contributed by atoms with Crippen molar-refractivity contribution in [3.63, 3.8) is 0 Å².